The monoisotopic (exact) mass is 1410 g/mol. The molecule has 2 unspecified atom stereocenters. The van der Waals surface area contributed by atoms with Crippen LogP contribution in [-0.2, 0) is 65.4 Å². The Labute approximate surface area is 588 Å². The molecule has 0 saturated heterocycles. The molecule has 96 heavy (non-hydrogen) atoms. The van der Waals surface area contributed by atoms with Gasteiger partial charge in [-0.15, -0.1) is 0 Å². The molecular formula is C77H150O17P2. The number of hydrogen-bond donors (Lipinski definition) is 3. The zero-order valence-electron chi connectivity index (χ0n) is 62.8. The maximum Gasteiger partial charge on any atom is 0.472 e. The number of rotatable bonds is 75. The summed E-state index contributed by atoms with van der Waals surface area (Å²) in [4.78, 5) is 72.9. The summed E-state index contributed by atoms with van der Waals surface area (Å²) in [5, 5.41) is 10.6. The highest BCUT2D eigenvalue weighted by Gasteiger charge is 2.30. The smallest absolute Gasteiger partial charge is 0.462 e. The Balaban J connectivity index is 5.26. The van der Waals surface area contributed by atoms with Gasteiger partial charge in [0, 0.05) is 25.7 Å². The van der Waals surface area contributed by atoms with E-state index in [1.54, 1.807) is 0 Å². The average Bonchev–Trinajstić information content (AvgIpc) is 1.17. The predicted molar refractivity (Wildman–Crippen MR) is 391 cm³/mol. The quantitative estimate of drug-likeness (QED) is 0.0222. The van der Waals surface area contributed by atoms with Gasteiger partial charge in [0.25, 0.3) is 0 Å². The van der Waals surface area contributed by atoms with Gasteiger partial charge in [-0.3, -0.25) is 37.3 Å². The molecule has 0 aliphatic carbocycles. The van der Waals surface area contributed by atoms with Gasteiger partial charge in [-0.1, -0.05) is 344 Å². The minimum Gasteiger partial charge on any atom is -0.462 e. The fraction of sp³-hybridized carbons (Fsp3) is 0.948. The highest BCUT2D eigenvalue weighted by Crippen LogP contribution is 2.45. The van der Waals surface area contributed by atoms with Gasteiger partial charge in [0.15, 0.2) is 12.2 Å². The third kappa shape index (κ3) is 70.5. The lowest BCUT2D eigenvalue weighted by molar-refractivity contribution is -0.161. The number of aliphatic hydroxyl groups excluding tert-OH is 1. The molecule has 570 valence electrons. The average molecular weight is 1410 g/mol. The fourth-order valence-corrected chi connectivity index (χ4v) is 13.4. The van der Waals surface area contributed by atoms with Crippen LogP contribution in [0, 0.1) is 17.8 Å². The van der Waals surface area contributed by atoms with Crippen LogP contribution in [0.3, 0.4) is 0 Å². The van der Waals surface area contributed by atoms with Crippen LogP contribution in [0.15, 0.2) is 0 Å². The van der Waals surface area contributed by atoms with Crippen molar-refractivity contribution in [1.82, 2.24) is 0 Å². The molecular weight excluding hydrogens is 1260 g/mol. The van der Waals surface area contributed by atoms with E-state index in [0.717, 1.165) is 108 Å². The summed E-state index contributed by atoms with van der Waals surface area (Å²) in [6.45, 7) is 11.9. The van der Waals surface area contributed by atoms with Crippen molar-refractivity contribution in [3.8, 4) is 0 Å². The zero-order valence-corrected chi connectivity index (χ0v) is 64.6. The fourth-order valence-electron chi connectivity index (χ4n) is 11.8. The third-order valence-corrected chi connectivity index (χ3v) is 19.8. The number of phosphoric ester groups is 2. The van der Waals surface area contributed by atoms with E-state index in [2.05, 4.69) is 48.5 Å². The molecule has 17 nitrogen and oxygen atoms in total. The van der Waals surface area contributed by atoms with Crippen LogP contribution < -0.4 is 0 Å². The molecule has 0 rings (SSSR count). The van der Waals surface area contributed by atoms with Gasteiger partial charge in [-0.2, -0.15) is 0 Å². The Hall–Kier alpha value is -1.94. The highest BCUT2D eigenvalue weighted by molar-refractivity contribution is 7.47. The predicted octanol–water partition coefficient (Wildman–Crippen LogP) is 22.6. The first-order valence-corrected chi connectivity index (χ1v) is 42.8. The molecule has 3 N–H and O–H groups in total. The van der Waals surface area contributed by atoms with Crippen molar-refractivity contribution in [3.05, 3.63) is 0 Å². The number of esters is 4. The second-order valence-electron chi connectivity index (χ2n) is 29.2. The Bertz CT molecular complexity index is 1870. The van der Waals surface area contributed by atoms with Gasteiger partial charge in [0.05, 0.1) is 26.4 Å². The first kappa shape index (κ1) is 94.1. The molecule has 0 heterocycles. The molecule has 0 radical (unpaired) electrons. The molecule has 0 amide bonds. The van der Waals surface area contributed by atoms with E-state index in [1.165, 1.54) is 205 Å². The number of carbonyl (C=O) groups excluding carboxylic acids is 4. The topological polar surface area (TPSA) is 237 Å². The zero-order chi connectivity index (χ0) is 70.9. The molecule has 5 atom stereocenters. The second-order valence-corrected chi connectivity index (χ2v) is 32.1. The maximum atomic E-state index is 13.1. The van der Waals surface area contributed by atoms with Crippen LogP contribution in [0.25, 0.3) is 0 Å². The van der Waals surface area contributed by atoms with Gasteiger partial charge in [-0.25, -0.2) is 9.13 Å². The van der Waals surface area contributed by atoms with Crippen molar-refractivity contribution >= 4 is 39.5 Å². The number of ether oxygens (including phenoxy) is 4. The van der Waals surface area contributed by atoms with Crippen LogP contribution in [0.1, 0.15) is 395 Å². The normalized spacial score (nSPS) is 14.1. The summed E-state index contributed by atoms with van der Waals surface area (Å²) in [5.74, 6) is 0.189. The molecule has 19 heteroatoms. The molecule has 0 aromatic heterocycles. The van der Waals surface area contributed by atoms with E-state index in [9.17, 15) is 43.2 Å². The minimum absolute atomic E-state index is 0.107. The third-order valence-electron chi connectivity index (χ3n) is 17.9. The minimum atomic E-state index is -4.96. The molecule has 0 aromatic carbocycles. The van der Waals surface area contributed by atoms with Crippen molar-refractivity contribution < 1.29 is 80.2 Å². The standard InChI is InChI=1S/C77H150O17P2/c1-8-9-10-11-12-13-14-17-25-30-39-46-53-60-76(81)94-73(65-88-75(80)59-52-45-38-33-32-36-43-50-57-70(6)7)67-92-96(85,86)90-63-71(78)62-89-95(83,84)91-66-72(93-77(82)61-54-47-40-31-26-21-16-19-23-28-35-42-49-56-69(4)5)64-87-74(79)58-51-44-37-29-24-20-15-18-22-27-34-41-48-55-68(2)3/h68-73,78H,8-67H2,1-7H3,(H,83,84)(H,85,86)/t71-,72-,73-/m1/s1. The summed E-state index contributed by atoms with van der Waals surface area (Å²) < 4.78 is 68.6. The molecule has 0 aromatic rings. The van der Waals surface area contributed by atoms with Gasteiger partial charge < -0.3 is 33.8 Å². The number of hydrogen-bond acceptors (Lipinski definition) is 15. The summed E-state index contributed by atoms with van der Waals surface area (Å²) in [7, 11) is -9.91. The van der Waals surface area contributed by atoms with Crippen molar-refractivity contribution in [1.29, 1.82) is 0 Å². The second kappa shape index (κ2) is 67.5. The lowest BCUT2D eigenvalue weighted by Crippen LogP contribution is -2.30. The SMILES string of the molecule is CCCCCCCCCCCCCCCC(=O)O[C@H](COC(=O)CCCCCCCCCCC(C)C)COP(=O)(O)OC[C@H](O)COP(=O)(O)OC[C@@H](COC(=O)CCCCCCCCCCCCCCCC(C)C)OC(=O)CCCCCCCCCCCCCCCC(C)C. The van der Waals surface area contributed by atoms with E-state index in [4.69, 9.17) is 37.0 Å². The Morgan fingerprint density at radius 2 is 0.479 bits per heavy atom. The maximum absolute atomic E-state index is 13.1. The summed E-state index contributed by atoms with van der Waals surface area (Å²) in [6.07, 6.45) is 54.0. The Morgan fingerprint density at radius 3 is 0.708 bits per heavy atom. The van der Waals surface area contributed by atoms with E-state index in [-0.39, 0.29) is 25.7 Å². The number of phosphoric acid groups is 2. The first-order valence-electron chi connectivity index (χ1n) is 39.8. The molecule has 0 aliphatic heterocycles. The van der Waals surface area contributed by atoms with Gasteiger partial charge in [-0.05, 0) is 43.4 Å². The largest absolute Gasteiger partial charge is 0.472 e. The van der Waals surface area contributed by atoms with Gasteiger partial charge >= 0.3 is 39.5 Å². The summed E-state index contributed by atoms with van der Waals surface area (Å²) in [5.41, 5.74) is 0. The van der Waals surface area contributed by atoms with E-state index in [0.29, 0.717) is 25.7 Å². The van der Waals surface area contributed by atoms with Crippen LogP contribution >= 0.6 is 15.6 Å². The number of unbranched alkanes of at least 4 members (excludes halogenated alkanes) is 43. The van der Waals surface area contributed by atoms with Crippen LogP contribution in [0.5, 0.6) is 0 Å². The molecule has 0 fully saturated rings. The summed E-state index contributed by atoms with van der Waals surface area (Å²) >= 11 is 0. The van der Waals surface area contributed by atoms with Crippen molar-refractivity contribution in [2.45, 2.75) is 414 Å². The van der Waals surface area contributed by atoms with Crippen LogP contribution in [0.4, 0.5) is 0 Å². The van der Waals surface area contributed by atoms with Crippen LogP contribution in [0.2, 0.25) is 0 Å². The summed E-state index contributed by atoms with van der Waals surface area (Å²) in [6, 6.07) is 0. The van der Waals surface area contributed by atoms with E-state index < -0.39 is 97.5 Å². The Morgan fingerprint density at radius 1 is 0.281 bits per heavy atom. The highest BCUT2D eigenvalue weighted by atomic mass is 31.2. The molecule has 0 bridgehead atoms. The van der Waals surface area contributed by atoms with E-state index >= 15 is 0 Å². The molecule has 0 spiro atoms. The number of carbonyl (C=O) groups is 4. The van der Waals surface area contributed by atoms with Gasteiger partial charge in [0.1, 0.15) is 19.3 Å². The van der Waals surface area contributed by atoms with E-state index in [1.807, 2.05) is 0 Å². The molecule has 0 saturated carbocycles. The lowest BCUT2D eigenvalue weighted by atomic mass is 10.0. The molecule has 0 aliphatic rings. The lowest BCUT2D eigenvalue weighted by Gasteiger charge is -2.21. The van der Waals surface area contributed by atoms with Crippen molar-refractivity contribution in [2.24, 2.45) is 17.8 Å². The Kier molecular flexibility index (Phi) is 66.2. The van der Waals surface area contributed by atoms with Gasteiger partial charge in [0.2, 0.25) is 0 Å². The number of aliphatic hydroxyl groups is 1. The van der Waals surface area contributed by atoms with Crippen molar-refractivity contribution in [2.75, 3.05) is 39.6 Å². The first-order chi connectivity index (χ1) is 46.2. The van der Waals surface area contributed by atoms with Crippen molar-refractivity contribution in [3.63, 3.8) is 0 Å². The van der Waals surface area contributed by atoms with Crippen LogP contribution in [-0.4, -0.2) is 96.7 Å².